The Hall–Kier alpha value is -1.75. The van der Waals surface area contributed by atoms with Gasteiger partial charge in [-0.05, 0) is 45.9 Å². The summed E-state index contributed by atoms with van der Waals surface area (Å²) in [5, 5.41) is 12.1. The number of halogens is 1. The molecule has 0 saturated carbocycles. The Kier molecular flexibility index (Phi) is 5.61. The predicted molar refractivity (Wildman–Crippen MR) is 81.0 cm³/mol. The Bertz CT molecular complexity index is 540. The number of nitrogens with one attached hydrogen (secondary N) is 1. The van der Waals surface area contributed by atoms with E-state index in [0.29, 0.717) is 10.8 Å². The third-order valence-corrected chi connectivity index (χ3v) is 3.05. The molecule has 1 amide bonds. The van der Waals surface area contributed by atoms with E-state index in [9.17, 15) is 9.59 Å². The number of hydrogen-bond acceptors (Lipinski definition) is 3. The van der Waals surface area contributed by atoms with Crippen molar-refractivity contribution >= 4 is 23.5 Å². The molecule has 0 aliphatic heterocycles. The first-order valence-corrected chi connectivity index (χ1v) is 6.99. The van der Waals surface area contributed by atoms with E-state index in [0.717, 1.165) is 0 Å². The molecule has 6 heteroatoms. The molecule has 0 aromatic heterocycles. The molecule has 0 heterocycles. The van der Waals surface area contributed by atoms with E-state index in [1.54, 1.807) is 26.0 Å². The van der Waals surface area contributed by atoms with Gasteiger partial charge in [-0.25, -0.2) is 0 Å². The molecule has 116 valence electrons. The predicted octanol–water partition coefficient (Wildman–Crippen LogP) is 2.97. The summed E-state index contributed by atoms with van der Waals surface area (Å²) in [6, 6.07) is 4.76. The lowest BCUT2D eigenvalue weighted by atomic mass is 9.94. The van der Waals surface area contributed by atoms with Gasteiger partial charge < -0.3 is 15.2 Å². The van der Waals surface area contributed by atoms with Crippen LogP contribution in [-0.2, 0) is 4.79 Å². The van der Waals surface area contributed by atoms with Crippen LogP contribution in [0.5, 0.6) is 5.75 Å². The largest absolute Gasteiger partial charge is 0.490 e. The number of carboxylic acid groups (broad SMARTS) is 1. The Balaban J connectivity index is 2.91. The van der Waals surface area contributed by atoms with Crippen LogP contribution in [0.25, 0.3) is 0 Å². The highest BCUT2D eigenvalue weighted by Crippen LogP contribution is 2.24. The minimum atomic E-state index is -1.05. The van der Waals surface area contributed by atoms with Gasteiger partial charge in [0.25, 0.3) is 5.91 Å². The van der Waals surface area contributed by atoms with Crippen LogP contribution >= 0.6 is 11.6 Å². The van der Waals surface area contributed by atoms with Crippen molar-refractivity contribution in [3.8, 4) is 5.75 Å². The van der Waals surface area contributed by atoms with E-state index in [1.165, 1.54) is 6.07 Å². The van der Waals surface area contributed by atoms with Gasteiger partial charge in [-0.1, -0.05) is 11.6 Å². The van der Waals surface area contributed by atoms with E-state index in [1.807, 2.05) is 13.8 Å². The molecule has 5 nitrogen and oxygen atoms in total. The molecule has 0 aliphatic rings. The molecule has 0 atom stereocenters. The molecule has 0 bridgehead atoms. The molecule has 1 aromatic rings. The van der Waals surface area contributed by atoms with Crippen LogP contribution in [-0.4, -0.2) is 29.6 Å². The number of rotatable bonds is 6. The second kappa shape index (κ2) is 6.80. The summed E-state index contributed by atoms with van der Waals surface area (Å²) >= 11 is 5.91. The average Bonchev–Trinajstić information content (AvgIpc) is 2.37. The maximum atomic E-state index is 12.2. The molecule has 0 aliphatic carbocycles. The molecule has 2 N–H and O–H groups in total. The lowest BCUT2D eigenvalue weighted by Gasteiger charge is -2.20. The Morgan fingerprint density at radius 1 is 1.38 bits per heavy atom. The molecule has 1 rings (SSSR count). The van der Waals surface area contributed by atoms with Gasteiger partial charge in [0.15, 0.2) is 0 Å². The van der Waals surface area contributed by atoms with E-state index in [2.05, 4.69) is 5.32 Å². The van der Waals surface area contributed by atoms with Crippen molar-refractivity contribution < 1.29 is 19.4 Å². The van der Waals surface area contributed by atoms with Crippen molar-refractivity contribution in [3.63, 3.8) is 0 Å². The molecule has 0 spiro atoms. The Morgan fingerprint density at radius 3 is 2.52 bits per heavy atom. The van der Waals surface area contributed by atoms with E-state index < -0.39 is 17.3 Å². The number of carbonyl (C=O) groups is 2. The highest BCUT2D eigenvalue weighted by Gasteiger charge is 2.28. The summed E-state index contributed by atoms with van der Waals surface area (Å²) in [5.41, 5.74) is -0.759. The summed E-state index contributed by atoms with van der Waals surface area (Å²) in [4.78, 5) is 23.3. The monoisotopic (exact) mass is 313 g/mol. The standard InChI is InChI=1S/C15H20ClNO4/c1-9(2)21-12-6-5-10(16)7-11(12)13(18)17-8-15(3,4)14(19)20/h5-7,9H,8H2,1-4H3,(H,17,18)(H,19,20). The second-order valence-electron chi connectivity index (χ2n) is 5.68. The zero-order valence-corrected chi connectivity index (χ0v) is 13.3. The fraction of sp³-hybridized carbons (Fsp3) is 0.467. The van der Waals surface area contributed by atoms with Crippen molar-refractivity contribution in [3.05, 3.63) is 28.8 Å². The normalized spacial score (nSPS) is 11.3. The quantitative estimate of drug-likeness (QED) is 0.846. The third-order valence-electron chi connectivity index (χ3n) is 2.82. The summed E-state index contributed by atoms with van der Waals surface area (Å²) in [7, 11) is 0. The molecule has 0 saturated heterocycles. The summed E-state index contributed by atoms with van der Waals surface area (Å²) in [5.74, 6) is -0.977. The molecule has 0 unspecified atom stereocenters. The van der Waals surface area contributed by atoms with E-state index in [-0.39, 0.29) is 18.2 Å². The first-order chi connectivity index (χ1) is 9.63. The van der Waals surface area contributed by atoms with Crippen molar-refractivity contribution in [1.82, 2.24) is 5.32 Å². The highest BCUT2D eigenvalue weighted by atomic mass is 35.5. The SMILES string of the molecule is CC(C)Oc1ccc(Cl)cc1C(=O)NCC(C)(C)C(=O)O. The average molecular weight is 314 g/mol. The number of aliphatic carboxylic acids is 1. The van der Waals surface area contributed by atoms with Gasteiger partial charge in [0.1, 0.15) is 5.75 Å². The maximum Gasteiger partial charge on any atom is 0.310 e. The number of ether oxygens (including phenoxy) is 1. The second-order valence-corrected chi connectivity index (χ2v) is 6.12. The molecular weight excluding hydrogens is 294 g/mol. The molecule has 1 aromatic carbocycles. The zero-order valence-electron chi connectivity index (χ0n) is 12.6. The van der Waals surface area contributed by atoms with Crippen LogP contribution in [0.4, 0.5) is 0 Å². The number of carbonyl (C=O) groups excluding carboxylic acids is 1. The van der Waals surface area contributed by atoms with Crippen LogP contribution in [0.15, 0.2) is 18.2 Å². The Morgan fingerprint density at radius 2 is 2.00 bits per heavy atom. The van der Waals surface area contributed by atoms with Crippen molar-refractivity contribution in [2.75, 3.05) is 6.54 Å². The molecular formula is C15H20ClNO4. The molecule has 21 heavy (non-hydrogen) atoms. The van der Waals surface area contributed by atoms with Crippen molar-refractivity contribution in [2.45, 2.75) is 33.8 Å². The van der Waals surface area contributed by atoms with Crippen LogP contribution in [0.3, 0.4) is 0 Å². The number of carboxylic acids is 1. The first-order valence-electron chi connectivity index (χ1n) is 6.61. The van der Waals surface area contributed by atoms with E-state index >= 15 is 0 Å². The topological polar surface area (TPSA) is 75.6 Å². The van der Waals surface area contributed by atoms with Gasteiger partial charge in [-0.15, -0.1) is 0 Å². The van der Waals surface area contributed by atoms with Crippen LogP contribution in [0, 0.1) is 5.41 Å². The number of hydrogen-bond donors (Lipinski definition) is 2. The smallest absolute Gasteiger partial charge is 0.310 e. The number of benzene rings is 1. The maximum absolute atomic E-state index is 12.2. The van der Waals surface area contributed by atoms with Gasteiger partial charge in [0, 0.05) is 11.6 Å². The summed E-state index contributed by atoms with van der Waals surface area (Å²) in [6.45, 7) is 6.79. The lowest BCUT2D eigenvalue weighted by molar-refractivity contribution is -0.146. The first kappa shape index (κ1) is 17.3. The summed E-state index contributed by atoms with van der Waals surface area (Å²) < 4.78 is 5.57. The van der Waals surface area contributed by atoms with Gasteiger partial charge in [0.05, 0.1) is 17.1 Å². The molecule has 0 fully saturated rings. The van der Waals surface area contributed by atoms with Gasteiger partial charge in [-0.2, -0.15) is 0 Å². The van der Waals surface area contributed by atoms with Crippen molar-refractivity contribution in [1.29, 1.82) is 0 Å². The molecule has 0 radical (unpaired) electrons. The summed E-state index contributed by atoms with van der Waals surface area (Å²) in [6.07, 6.45) is -0.0896. The third kappa shape index (κ3) is 4.93. The van der Waals surface area contributed by atoms with Crippen LogP contribution in [0.2, 0.25) is 5.02 Å². The minimum Gasteiger partial charge on any atom is -0.490 e. The van der Waals surface area contributed by atoms with Gasteiger partial charge in [-0.3, -0.25) is 9.59 Å². The van der Waals surface area contributed by atoms with Crippen LogP contribution < -0.4 is 10.1 Å². The Labute approximate surface area is 129 Å². The van der Waals surface area contributed by atoms with Crippen molar-refractivity contribution in [2.24, 2.45) is 5.41 Å². The zero-order chi connectivity index (χ0) is 16.2. The lowest BCUT2D eigenvalue weighted by Crippen LogP contribution is -2.39. The van der Waals surface area contributed by atoms with Gasteiger partial charge >= 0.3 is 5.97 Å². The van der Waals surface area contributed by atoms with Gasteiger partial charge in [0.2, 0.25) is 0 Å². The highest BCUT2D eigenvalue weighted by molar-refractivity contribution is 6.31. The fourth-order valence-corrected chi connectivity index (χ4v) is 1.68. The van der Waals surface area contributed by atoms with Crippen LogP contribution in [0.1, 0.15) is 38.1 Å². The number of amides is 1. The minimum absolute atomic E-state index is 0.00873. The van der Waals surface area contributed by atoms with E-state index in [4.69, 9.17) is 21.4 Å². The fourth-order valence-electron chi connectivity index (χ4n) is 1.51.